The molecule has 8 heteroatoms. The highest BCUT2D eigenvalue weighted by atomic mass is 16.5. The molecule has 0 radical (unpaired) electrons. The van der Waals surface area contributed by atoms with Gasteiger partial charge in [0.2, 0.25) is 5.91 Å². The van der Waals surface area contributed by atoms with E-state index < -0.39 is 5.97 Å². The number of amides is 1. The Morgan fingerprint density at radius 1 is 1.19 bits per heavy atom. The smallest absolute Gasteiger partial charge is 0.339 e. The van der Waals surface area contributed by atoms with Crippen LogP contribution in [0.4, 0.5) is 5.69 Å². The number of pyridine rings is 1. The highest BCUT2D eigenvalue weighted by molar-refractivity contribution is 6.06. The fourth-order valence-electron chi connectivity index (χ4n) is 4.18. The molecule has 2 aliphatic carbocycles. The lowest BCUT2D eigenvalue weighted by Crippen LogP contribution is -2.41. The van der Waals surface area contributed by atoms with Gasteiger partial charge in [-0.3, -0.25) is 9.78 Å². The van der Waals surface area contributed by atoms with Crippen LogP contribution in [0.3, 0.4) is 0 Å². The zero-order chi connectivity index (χ0) is 22.0. The van der Waals surface area contributed by atoms with Crippen molar-refractivity contribution in [3.05, 3.63) is 29.5 Å². The number of carbonyl (C=O) groups is 2. The van der Waals surface area contributed by atoms with E-state index in [0.29, 0.717) is 34.9 Å². The van der Waals surface area contributed by atoms with Crippen molar-refractivity contribution in [2.75, 3.05) is 18.9 Å². The van der Waals surface area contributed by atoms with Gasteiger partial charge in [-0.05, 0) is 63.5 Å². The van der Waals surface area contributed by atoms with Gasteiger partial charge in [-0.25, -0.2) is 4.79 Å². The maximum Gasteiger partial charge on any atom is 0.339 e. The summed E-state index contributed by atoms with van der Waals surface area (Å²) in [6.07, 6.45) is 5.60. The van der Waals surface area contributed by atoms with E-state index in [0.717, 1.165) is 25.7 Å². The van der Waals surface area contributed by atoms with Crippen molar-refractivity contribution >= 4 is 28.5 Å². The Morgan fingerprint density at radius 2 is 1.94 bits per heavy atom. The van der Waals surface area contributed by atoms with Gasteiger partial charge in [0.25, 0.3) is 0 Å². The highest BCUT2D eigenvalue weighted by Crippen LogP contribution is 2.35. The molecule has 2 aliphatic rings. The summed E-state index contributed by atoms with van der Waals surface area (Å²) in [4.78, 5) is 28.1. The standard InChI is InChI=1S/C23H29N3O5/c1-13-20(23(28)29)22(24)21-17(25-13)3-2-4-18(21)31-16-9-7-15(8-10-16)26-19(27)12-30-11-14-5-6-14/h2-4,14-16H,5-12H2,1H3,(H2,24,25)(H,26,27)(H,28,29). The molecule has 1 heterocycles. The molecule has 0 saturated heterocycles. The van der Waals surface area contributed by atoms with Gasteiger partial charge < -0.3 is 25.6 Å². The Labute approximate surface area is 181 Å². The van der Waals surface area contributed by atoms with Crippen LogP contribution in [0.15, 0.2) is 18.2 Å². The summed E-state index contributed by atoms with van der Waals surface area (Å²) in [5.74, 6) is 0.0335. The Hall–Kier alpha value is -2.87. The molecule has 8 nitrogen and oxygen atoms in total. The molecular weight excluding hydrogens is 398 g/mol. The predicted molar refractivity (Wildman–Crippen MR) is 116 cm³/mol. The van der Waals surface area contributed by atoms with Crippen LogP contribution >= 0.6 is 0 Å². The van der Waals surface area contributed by atoms with Gasteiger partial charge in [0.05, 0.1) is 35.0 Å². The van der Waals surface area contributed by atoms with E-state index in [4.69, 9.17) is 15.2 Å². The monoisotopic (exact) mass is 427 g/mol. The number of aromatic carboxylic acids is 1. The number of nitrogens with zero attached hydrogens (tertiary/aromatic N) is 1. The number of ether oxygens (including phenoxy) is 2. The number of fused-ring (bicyclic) bond motifs is 1. The number of nitrogen functional groups attached to an aromatic ring is 1. The summed E-state index contributed by atoms with van der Waals surface area (Å²) in [6.45, 7) is 2.44. The number of hydrogen-bond donors (Lipinski definition) is 3. The third-order valence-corrected chi connectivity index (χ3v) is 6.02. The molecule has 166 valence electrons. The quantitative estimate of drug-likeness (QED) is 0.591. The predicted octanol–water partition coefficient (Wildman–Crippen LogP) is 3.06. The van der Waals surface area contributed by atoms with Gasteiger partial charge in [0.1, 0.15) is 17.9 Å². The number of hydrogen-bond acceptors (Lipinski definition) is 6. The largest absolute Gasteiger partial charge is 0.490 e. The van der Waals surface area contributed by atoms with E-state index in [-0.39, 0.29) is 35.9 Å². The van der Waals surface area contributed by atoms with Crippen LogP contribution in [0.2, 0.25) is 0 Å². The van der Waals surface area contributed by atoms with Crippen LogP contribution < -0.4 is 15.8 Å². The Morgan fingerprint density at radius 3 is 2.61 bits per heavy atom. The van der Waals surface area contributed by atoms with E-state index >= 15 is 0 Å². The van der Waals surface area contributed by atoms with Crippen molar-refractivity contribution in [3.63, 3.8) is 0 Å². The number of anilines is 1. The maximum absolute atomic E-state index is 12.0. The summed E-state index contributed by atoms with van der Waals surface area (Å²) in [6, 6.07) is 5.55. The van der Waals surface area contributed by atoms with Gasteiger partial charge in [-0.15, -0.1) is 0 Å². The van der Waals surface area contributed by atoms with Crippen LogP contribution in [0.1, 0.15) is 54.6 Å². The molecular formula is C23H29N3O5. The average Bonchev–Trinajstić information content (AvgIpc) is 3.53. The van der Waals surface area contributed by atoms with Crippen LogP contribution in [0, 0.1) is 12.8 Å². The van der Waals surface area contributed by atoms with Gasteiger partial charge in [-0.2, -0.15) is 0 Å². The summed E-state index contributed by atoms with van der Waals surface area (Å²) in [5.41, 5.74) is 7.39. The summed E-state index contributed by atoms with van der Waals surface area (Å²) >= 11 is 0. The molecule has 4 N–H and O–H groups in total. The molecule has 0 spiro atoms. The van der Waals surface area contributed by atoms with Crippen molar-refractivity contribution in [1.82, 2.24) is 10.3 Å². The fourth-order valence-corrected chi connectivity index (χ4v) is 4.18. The van der Waals surface area contributed by atoms with Gasteiger partial charge >= 0.3 is 5.97 Å². The van der Waals surface area contributed by atoms with E-state index in [1.54, 1.807) is 19.1 Å². The number of carboxylic acids is 1. The first kappa shape index (κ1) is 21.4. The molecule has 0 aliphatic heterocycles. The molecule has 0 unspecified atom stereocenters. The average molecular weight is 428 g/mol. The first-order valence-electron chi connectivity index (χ1n) is 10.9. The van der Waals surface area contributed by atoms with Crippen molar-refractivity contribution in [2.24, 2.45) is 5.92 Å². The van der Waals surface area contributed by atoms with Crippen molar-refractivity contribution in [2.45, 2.75) is 57.6 Å². The Balaban J connectivity index is 1.36. The number of aryl methyl sites for hydroxylation is 1. The maximum atomic E-state index is 12.0. The minimum atomic E-state index is -1.10. The number of nitrogens with one attached hydrogen (secondary N) is 1. The number of benzene rings is 1. The highest BCUT2D eigenvalue weighted by Gasteiger charge is 2.26. The van der Waals surface area contributed by atoms with Crippen LogP contribution in [-0.4, -0.2) is 47.3 Å². The van der Waals surface area contributed by atoms with Crippen molar-refractivity contribution < 1.29 is 24.2 Å². The minimum Gasteiger partial charge on any atom is -0.490 e. The number of aromatic nitrogens is 1. The van der Waals surface area contributed by atoms with Crippen LogP contribution in [0.25, 0.3) is 10.9 Å². The van der Waals surface area contributed by atoms with Gasteiger partial charge in [0.15, 0.2) is 0 Å². The SMILES string of the molecule is Cc1nc2cccc(OC3CCC(NC(=O)COCC4CC4)CC3)c2c(N)c1C(=O)O. The molecule has 2 fully saturated rings. The van der Waals surface area contributed by atoms with Gasteiger partial charge in [0, 0.05) is 6.04 Å². The lowest BCUT2D eigenvalue weighted by Gasteiger charge is -2.30. The topological polar surface area (TPSA) is 124 Å². The first-order valence-corrected chi connectivity index (χ1v) is 10.9. The van der Waals surface area contributed by atoms with E-state index in [1.165, 1.54) is 12.8 Å². The van der Waals surface area contributed by atoms with Gasteiger partial charge in [-0.1, -0.05) is 6.07 Å². The van der Waals surface area contributed by atoms with Crippen LogP contribution in [-0.2, 0) is 9.53 Å². The fraction of sp³-hybridized carbons (Fsp3) is 0.522. The molecule has 0 bridgehead atoms. The molecule has 1 aromatic carbocycles. The molecule has 2 aromatic rings. The van der Waals surface area contributed by atoms with E-state index in [2.05, 4.69) is 10.3 Å². The molecule has 1 aromatic heterocycles. The Kier molecular flexibility index (Phi) is 6.27. The number of rotatable bonds is 8. The molecule has 0 atom stereocenters. The lowest BCUT2D eigenvalue weighted by molar-refractivity contribution is -0.126. The molecule has 1 amide bonds. The van der Waals surface area contributed by atoms with E-state index in [9.17, 15) is 14.7 Å². The normalized spacial score (nSPS) is 21.1. The van der Waals surface area contributed by atoms with E-state index in [1.807, 2.05) is 6.07 Å². The number of carboxylic acid groups (broad SMARTS) is 1. The minimum absolute atomic E-state index is 0.0128. The first-order chi connectivity index (χ1) is 14.9. The summed E-state index contributed by atoms with van der Waals surface area (Å²) in [5, 5.41) is 13.1. The zero-order valence-electron chi connectivity index (χ0n) is 17.7. The summed E-state index contributed by atoms with van der Waals surface area (Å²) < 4.78 is 11.7. The molecule has 2 saturated carbocycles. The second-order valence-electron chi connectivity index (χ2n) is 8.56. The Bertz CT molecular complexity index is 981. The third kappa shape index (κ3) is 5.07. The van der Waals surface area contributed by atoms with Crippen molar-refractivity contribution in [1.29, 1.82) is 0 Å². The summed E-state index contributed by atoms with van der Waals surface area (Å²) in [7, 11) is 0. The number of nitrogens with two attached hydrogens (primary N) is 1. The zero-order valence-corrected chi connectivity index (χ0v) is 17.7. The van der Waals surface area contributed by atoms with Crippen molar-refractivity contribution in [3.8, 4) is 5.75 Å². The van der Waals surface area contributed by atoms with Crippen LogP contribution in [0.5, 0.6) is 5.75 Å². The lowest BCUT2D eigenvalue weighted by atomic mass is 9.93. The second kappa shape index (κ2) is 9.09. The third-order valence-electron chi connectivity index (χ3n) is 6.02. The second-order valence-corrected chi connectivity index (χ2v) is 8.56. The molecule has 4 rings (SSSR count). The molecule has 31 heavy (non-hydrogen) atoms. The number of carbonyl (C=O) groups excluding carboxylic acids is 1.